The highest BCUT2D eigenvalue weighted by atomic mass is 32.1. The lowest BCUT2D eigenvalue weighted by atomic mass is 9.95. The minimum atomic E-state index is -0.484. The second-order valence-corrected chi connectivity index (χ2v) is 11.7. The summed E-state index contributed by atoms with van der Waals surface area (Å²) in [6, 6.07) is 3.66. The van der Waals surface area contributed by atoms with E-state index in [4.69, 9.17) is 14.5 Å². The molecule has 34 heavy (non-hydrogen) atoms. The average Bonchev–Trinajstić information content (AvgIpc) is 3.45. The van der Waals surface area contributed by atoms with Gasteiger partial charge in [0.2, 0.25) is 0 Å². The van der Waals surface area contributed by atoms with Crippen LogP contribution in [0.5, 0.6) is 5.75 Å². The van der Waals surface area contributed by atoms with Crippen molar-refractivity contribution in [3.63, 3.8) is 0 Å². The summed E-state index contributed by atoms with van der Waals surface area (Å²) in [5, 5.41) is 5.57. The zero-order valence-corrected chi connectivity index (χ0v) is 21.5. The van der Waals surface area contributed by atoms with Crippen LogP contribution >= 0.6 is 22.7 Å². The molecular weight excluding hydrogens is 475 g/mol. The summed E-state index contributed by atoms with van der Waals surface area (Å²) in [6.45, 7) is 7.03. The van der Waals surface area contributed by atoms with Gasteiger partial charge in [-0.25, -0.2) is 14.2 Å². The smallest absolute Gasteiger partial charge is 0.410 e. The molecule has 4 aromatic rings. The zero-order chi connectivity index (χ0) is 24.2. The maximum Gasteiger partial charge on any atom is 0.410 e. The van der Waals surface area contributed by atoms with Crippen LogP contribution < -0.4 is 4.74 Å². The van der Waals surface area contributed by atoms with Gasteiger partial charge in [-0.3, -0.25) is 4.68 Å². The van der Waals surface area contributed by atoms with Crippen LogP contribution in [0.3, 0.4) is 0 Å². The van der Waals surface area contributed by atoms with Crippen LogP contribution in [-0.4, -0.2) is 51.6 Å². The first-order chi connectivity index (χ1) is 16.1. The number of aryl methyl sites for hydroxylation is 1. The van der Waals surface area contributed by atoms with Crippen molar-refractivity contribution in [1.29, 1.82) is 0 Å². The maximum absolute atomic E-state index is 14.7. The molecule has 0 saturated carbocycles. The molecule has 4 heterocycles. The van der Waals surface area contributed by atoms with E-state index in [0.29, 0.717) is 41.2 Å². The quantitative estimate of drug-likeness (QED) is 0.335. The minimum absolute atomic E-state index is 0.240. The number of piperidine rings is 1. The molecule has 0 radical (unpaired) electrons. The Kier molecular flexibility index (Phi) is 5.76. The number of nitrogens with zero attached hydrogens (tertiary/aromatic N) is 4. The van der Waals surface area contributed by atoms with Gasteiger partial charge in [-0.15, -0.1) is 22.7 Å². The van der Waals surface area contributed by atoms with Crippen LogP contribution in [0, 0.1) is 5.82 Å². The van der Waals surface area contributed by atoms with Gasteiger partial charge in [0, 0.05) is 31.2 Å². The number of likely N-dealkylation sites (tertiary alicyclic amines) is 1. The van der Waals surface area contributed by atoms with Crippen molar-refractivity contribution >= 4 is 49.2 Å². The standard InChI is InChI=1S/C24H27FN4O3S2/c1-24(2,3)32-23(30)29-8-6-13(7-9-29)17-11-18-22(33-17)26-21(34-18)14-10-16(25)19-15(20(14)31-5)12-28(4)27-19/h10-13H,6-9H2,1-5H3. The fourth-order valence-corrected chi connectivity index (χ4v) is 6.76. The number of rotatable bonds is 3. The second kappa shape index (κ2) is 8.49. The number of carbonyl (C=O) groups excluding carboxylic acids is 1. The van der Waals surface area contributed by atoms with Crippen molar-refractivity contribution in [2.75, 3.05) is 20.2 Å². The third-order valence-corrected chi connectivity index (χ3v) is 8.26. The highest BCUT2D eigenvalue weighted by molar-refractivity contribution is 7.28. The first-order valence-electron chi connectivity index (χ1n) is 11.2. The van der Waals surface area contributed by atoms with Gasteiger partial charge < -0.3 is 14.4 Å². The molecule has 1 amide bonds. The molecule has 1 aliphatic rings. The average molecular weight is 503 g/mol. The highest BCUT2D eigenvalue weighted by Crippen LogP contribution is 2.44. The number of methoxy groups -OCH3 is 1. The molecular formula is C24H27FN4O3S2. The molecule has 0 atom stereocenters. The SMILES string of the molecule is COc1c(-c2nc3sc(C4CCN(C(=O)OC(C)(C)C)CC4)cc3s2)cc(F)c2nn(C)cc12. The molecule has 0 aliphatic carbocycles. The number of amides is 1. The predicted octanol–water partition coefficient (Wildman–Crippen LogP) is 6.17. The number of hydrogen-bond donors (Lipinski definition) is 0. The van der Waals surface area contributed by atoms with E-state index in [2.05, 4.69) is 11.2 Å². The van der Waals surface area contributed by atoms with Gasteiger partial charge in [-0.2, -0.15) is 5.10 Å². The van der Waals surface area contributed by atoms with E-state index in [0.717, 1.165) is 27.4 Å². The molecule has 0 unspecified atom stereocenters. The number of carbonyl (C=O) groups is 1. The Morgan fingerprint density at radius 3 is 2.59 bits per heavy atom. The number of fused-ring (bicyclic) bond motifs is 2. The Hall–Kier alpha value is -2.72. The van der Waals surface area contributed by atoms with Crippen molar-refractivity contribution in [3.8, 4) is 16.3 Å². The molecule has 1 saturated heterocycles. The van der Waals surface area contributed by atoms with Gasteiger partial charge in [0.1, 0.15) is 26.7 Å². The summed E-state index contributed by atoms with van der Waals surface area (Å²) in [5.41, 5.74) is 0.449. The van der Waals surface area contributed by atoms with Crippen molar-refractivity contribution in [2.45, 2.75) is 45.1 Å². The molecule has 1 aromatic carbocycles. The van der Waals surface area contributed by atoms with E-state index in [1.54, 1.807) is 52.6 Å². The fourth-order valence-electron chi connectivity index (χ4n) is 4.36. The molecule has 10 heteroatoms. The summed E-state index contributed by atoms with van der Waals surface area (Å²) < 4.78 is 28.6. The molecule has 0 bridgehead atoms. The van der Waals surface area contributed by atoms with E-state index in [-0.39, 0.29) is 11.9 Å². The molecule has 180 valence electrons. The van der Waals surface area contributed by atoms with Crippen molar-refractivity contribution in [2.24, 2.45) is 7.05 Å². The van der Waals surface area contributed by atoms with Crippen LogP contribution in [0.15, 0.2) is 18.3 Å². The molecule has 1 fully saturated rings. The fraction of sp³-hybridized carbons (Fsp3) is 0.458. The zero-order valence-electron chi connectivity index (χ0n) is 19.8. The van der Waals surface area contributed by atoms with E-state index in [1.807, 2.05) is 20.8 Å². The third kappa shape index (κ3) is 4.24. The number of aromatic nitrogens is 3. The first kappa shape index (κ1) is 23.0. The normalized spacial score (nSPS) is 15.4. The van der Waals surface area contributed by atoms with Gasteiger partial charge in [-0.05, 0) is 51.7 Å². The van der Waals surface area contributed by atoms with Crippen LogP contribution in [-0.2, 0) is 11.8 Å². The topological polar surface area (TPSA) is 69.5 Å². The third-order valence-electron chi connectivity index (χ3n) is 5.91. The summed E-state index contributed by atoms with van der Waals surface area (Å²) >= 11 is 3.22. The van der Waals surface area contributed by atoms with Crippen molar-refractivity contribution < 1.29 is 18.7 Å². The van der Waals surface area contributed by atoms with E-state index >= 15 is 0 Å². The Bertz CT molecular complexity index is 1350. The van der Waals surface area contributed by atoms with Crippen LogP contribution in [0.25, 0.3) is 31.0 Å². The Balaban J connectivity index is 1.36. The van der Waals surface area contributed by atoms with Gasteiger partial charge in [0.25, 0.3) is 0 Å². The highest BCUT2D eigenvalue weighted by Gasteiger charge is 2.29. The summed E-state index contributed by atoms with van der Waals surface area (Å²) in [6.07, 6.45) is 3.32. The Morgan fingerprint density at radius 2 is 1.94 bits per heavy atom. The lowest BCUT2D eigenvalue weighted by molar-refractivity contribution is 0.0205. The molecule has 3 aromatic heterocycles. The lowest BCUT2D eigenvalue weighted by Crippen LogP contribution is -2.41. The Labute approximate surface area is 205 Å². The molecule has 0 N–H and O–H groups in total. The summed E-state index contributed by atoms with van der Waals surface area (Å²) in [4.78, 5) is 21.2. The number of thiazole rings is 1. The molecule has 0 spiro atoms. The minimum Gasteiger partial charge on any atom is -0.495 e. The van der Waals surface area contributed by atoms with Gasteiger partial charge in [0.05, 0.1) is 22.8 Å². The monoisotopic (exact) mass is 502 g/mol. The molecule has 7 nitrogen and oxygen atoms in total. The summed E-state index contributed by atoms with van der Waals surface area (Å²) in [5.74, 6) is 0.593. The van der Waals surface area contributed by atoms with E-state index in [9.17, 15) is 9.18 Å². The summed E-state index contributed by atoms with van der Waals surface area (Å²) in [7, 11) is 3.35. The van der Waals surface area contributed by atoms with Crippen molar-refractivity contribution in [3.05, 3.63) is 29.0 Å². The van der Waals surface area contributed by atoms with Gasteiger partial charge in [0.15, 0.2) is 5.82 Å². The second-order valence-electron chi connectivity index (χ2n) is 9.58. The predicted molar refractivity (Wildman–Crippen MR) is 133 cm³/mol. The van der Waals surface area contributed by atoms with Crippen LogP contribution in [0.4, 0.5) is 9.18 Å². The lowest BCUT2D eigenvalue weighted by Gasteiger charge is -2.33. The van der Waals surface area contributed by atoms with E-state index < -0.39 is 5.60 Å². The number of hydrogen-bond acceptors (Lipinski definition) is 7. The van der Waals surface area contributed by atoms with E-state index in [1.165, 1.54) is 10.9 Å². The van der Waals surface area contributed by atoms with Gasteiger partial charge >= 0.3 is 6.09 Å². The molecule has 5 rings (SSSR count). The number of thiophene rings is 1. The number of ether oxygens (including phenoxy) is 2. The van der Waals surface area contributed by atoms with Gasteiger partial charge in [-0.1, -0.05) is 0 Å². The largest absolute Gasteiger partial charge is 0.495 e. The maximum atomic E-state index is 14.7. The van der Waals surface area contributed by atoms with Crippen LogP contribution in [0.2, 0.25) is 0 Å². The van der Waals surface area contributed by atoms with Crippen LogP contribution in [0.1, 0.15) is 44.4 Å². The Morgan fingerprint density at radius 1 is 1.21 bits per heavy atom. The number of halogens is 1. The molecule has 1 aliphatic heterocycles. The number of benzene rings is 1. The first-order valence-corrected chi connectivity index (χ1v) is 12.8. The van der Waals surface area contributed by atoms with Crippen molar-refractivity contribution in [1.82, 2.24) is 19.7 Å².